The summed E-state index contributed by atoms with van der Waals surface area (Å²) in [5.74, 6) is -0.293. The smallest absolute Gasteiger partial charge is 0.221 e. The number of carbonyl (C=O) groups is 1. The zero-order valence-electron chi connectivity index (χ0n) is 14.4. The SMILES string of the molecule is CC(c1ccc(-c2ccc(CC(N)=O)cc2)cc1)N1CCCCC1. The van der Waals surface area contributed by atoms with Gasteiger partial charge in [0.2, 0.25) is 5.91 Å². The molecule has 3 heteroatoms. The second-order valence-corrected chi connectivity index (χ2v) is 6.73. The number of piperidine rings is 1. The van der Waals surface area contributed by atoms with Gasteiger partial charge in [-0.1, -0.05) is 55.0 Å². The van der Waals surface area contributed by atoms with Gasteiger partial charge in [0.05, 0.1) is 6.42 Å². The molecule has 1 atom stereocenters. The number of likely N-dealkylation sites (tertiary alicyclic amines) is 1. The Morgan fingerprint density at radius 1 is 0.958 bits per heavy atom. The highest BCUT2D eigenvalue weighted by Crippen LogP contribution is 2.27. The molecule has 1 unspecified atom stereocenters. The number of benzene rings is 2. The second-order valence-electron chi connectivity index (χ2n) is 6.73. The van der Waals surface area contributed by atoms with Crippen LogP contribution in [0.15, 0.2) is 48.5 Å². The van der Waals surface area contributed by atoms with Crippen LogP contribution < -0.4 is 5.73 Å². The van der Waals surface area contributed by atoms with E-state index in [2.05, 4.69) is 48.2 Å². The maximum Gasteiger partial charge on any atom is 0.221 e. The molecule has 1 fully saturated rings. The first kappa shape index (κ1) is 16.7. The predicted octanol–water partition coefficient (Wildman–Crippen LogP) is 3.93. The first-order valence-electron chi connectivity index (χ1n) is 8.85. The fraction of sp³-hybridized carbons (Fsp3) is 0.381. The van der Waals surface area contributed by atoms with Crippen molar-refractivity contribution < 1.29 is 4.79 Å². The molecule has 0 bridgehead atoms. The summed E-state index contributed by atoms with van der Waals surface area (Å²) in [7, 11) is 0. The van der Waals surface area contributed by atoms with Gasteiger partial charge in [0.15, 0.2) is 0 Å². The molecule has 1 aliphatic rings. The van der Waals surface area contributed by atoms with E-state index in [4.69, 9.17) is 5.73 Å². The molecule has 1 aliphatic heterocycles. The molecule has 1 amide bonds. The molecule has 1 saturated heterocycles. The lowest BCUT2D eigenvalue weighted by molar-refractivity contribution is -0.117. The van der Waals surface area contributed by atoms with Crippen LogP contribution >= 0.6 is 0 Å². The fourth-order valence-electron chi connectivity index (χ4n) is 3.49. The molecule has 1 heterocycles. The zero-order chi connectivity index (χ0) is 16.9. The first-order valence-corrected chi connectivity index (χ1v) is 8.85. The topological polar surface area (TPSA) is 46.3 Å². The minimum Gasteiger partial charge on any atom is -0.369 e. The molecule has 3 rings (SSSR count). The summed E-state index contributed by atoms with van der Waals surface area (Å²) in [6.07, 6.45) is 4.31. The summed E-state index contributed by atoms with van der Waals surface area (Å²) in [5.41, 5.74) is 9.95. The minimum atomic E-state index is -0.293. The Kier molecular flexibility index (Phi) is 5.31. The third-order valence-electron chi connectivity index (χ3n) is 5.00. The van der Waals surface area contributed by atoms with E-state index in [1.807, 2.05) is 12.1 Å². The maximum absolute atomic E-state index is 11.0. The van der Waals surface area contributed by atoms with Crippen molar-refractivity contribution in [3.63, 3.8) is 0 Å². The van der Waals surface area contributed by atoms with Crippen molar-refractivity contribution >= 4 is 5.91 Å². The van der Waals surface area contributed by atoms with Crippen LogP contribution in [0.4, 0.5) is 0 Å². The molecule has 0 aliphatic carbocycles. The van der Waals surface area contributed by atoms with Crippen molar-refractivity contribution in [1.82, 2.24) is 4.90 Å². The number of amides is 1. The molecular formula is C21H26N2O. The number of nitrogens with zero attached hydrogens (tertiary/aromatic N) is 1. The Morgan fingerprint density at radius 3 is 2.04 bits per heavy atom. The van der Waals surface area contributed by atoms with E-state index in [9.17, 15) is 4.79 Å². The second kappa shape index (κ2) is 7.63. The average Bonchev–Trinajstić information content (AvgIpc) is 2.62. The Hall–Kier alpha value is -2.13. The van der Waals surface area contributed by atoms with E-state index in [0.717, 1.165) is 5.56 Å². The van der Waals surface area contributed by atoms with Crippen molar-refractivity contribution in [2.24, 2.45) is 5.73 Å². The van der Waals surface area contributed by atoms with Crippen LogP contribution in [0.5, 0.6) is 0 Å². The molecular weight excluding hydrogens is 296 g/mol. The number of carbonyl (C=O) groups excluding carboxylic acids is 1. The standard InChI is InChI=1S/C21H26N2O/c1-16(23-13-3-2-4-14-23)18-9-11-20(12-10-18)19-7-5-17(6-8-19)15-21(22)24/h5-12,16H,2-4,13-15H2,1H3,(H2,22,24). The predicted molar refractivity (Wildman–Crippen MR) is 98.6 cm³/mol. The van der Waals surface area contributed by atoms with E-state index in [0.29, 0.717) is 12.5 Å². The summed E-state index contributed by atoms with van der Waals surface area (Å²) in [6, 6.07) is 17.4. The molecule has 2 N–H and O–H groups in total. The highest BCUT2D eigenvalue weighted by Gasteiger charge is 2.17. The van der Waals surface area contributed by atoms with Crippen LogP contribution in [0.1, 0.15) is 43.4 Å². The number of rotatable bonds is 5. The van der Waals surface area contributed by atoms with Crippen molar-refractivity contribution in [3.8, 4) is 11.1 Å². The zero-order valence-corrected chi connectivity index (χ0v) is 14.4. The van der Waals surface area contributed by atoms with Gasteiger partial charge in [-0.15, -0.1) is 0 Å². The van der Waals surface area contributed by atoms with Crippen molar-refractivity contribution in [2.45, 2.75) is 38.6 Å². The van der Waals surface area contributed by atoms with Crippen LogP contribution in [-0.2, 0) is 11.2 Å². The lowest BCUT2D eigenvalue weighted by Gasteiger charge is -2.32. The summed E-state index contributed by atoms with van der Waals surface area (Å²) in [6.45, 7) is 4.73. The van der Waals surface area contributed by atoms with Gasteiger partial charge < -0.3 is 5.73 Å². The summed E-state index contributed by atoms with van der Waals surface area (Å²) in [5, 5.41) is 0. The number of hydrogen-bond acceptors (Lipinski definition) is 2. The van der Waals surface area contributed by atoms with Gasteiger partial charge in [-0.2, -0.15) is 0 Å². The molecule has 126 valence electrons. The molecule has 24 heavy (non-hydrogen) atoms. The van der Waals surface area contributed by atoms with Gasteiger partial charge in [0, 0.05) is 6.04 Å². The molecule has 2 aromatic carbocycles. The van der Waals surface area contributed by atoms with Gasteiger partial charge >= 0.3 is 0 Å². The van der Waals surface area contributed by atoms with E-state index >= 15 is 0 Å². The van der Waals surface area contributed by atoms with E-state index < -0.39 is 0 Å². The van der Waals surface area contributed by atoms with Gasteiger partial charge in [0.25, 0.3) is 0 Å². The Bertz CT molecular complexity index is 670. The summed E-state index contributed by atoms with van der Waals surface area (Å²) < 4.78 is 0. The third kappa shape index (κ3) is 4.04. The van der Waals surface area contributed by atoms with E-state index in [-0.39, 0.29) is 5.91 Å². The number of nitrogens with two attached hydrogens (primary N) is 1. The van der Waals surface area contributed by atoms with Crippen LogP contribution in [0.2, 0.25) is 0 Å². The minimum absolute atomic E-state index is 0.293. The van der Waals surface area contributed by atoms with Gasteiger partial charge in [-0.05, 0) is 55.1 Å². The first-order chi connectivity index (χ1) is 11.6. The van der Waals surface area contributed by atoms with E-state index in [1.54, 1.807) is 0 Å². The lowest BCUT2D eigenvalue weighted by Crippen LogP contribution is -2.32. The Morgan fingerprint density at radius 2 is 1.50 bits per heavy atom. The van der Waals surface area contributed by atoms with Crippen LogP contribution in [0.3, 0.4) is 0 Å². The highest BCUT2D eigenvalue weighted by molar-refractivity contribution is 5.77. The summed E-state index contributed by atoms with van der Waals surface area (Å²) >= 11 is 0. The van der Waals surface area contributed by atoms with Crippen LogP contribution in [0.25, 0.3) is 11.1 Å². The highest BCUT2D eigenvalue weighted by atomic mass is 16.1. The molecule has 2 aromatic rings. The molecule has 0 saturated carbocycles. The van der Waals surface area contributed by atoms with E-state index in [1.165, 1.54) is 49.0 Å². The maximum atomic E-state index is 11.0. The molecule has 3 nitrogen and oxygen atoms in total. The number of hydrogen-bond donors (Lipinski definition) is 1. The van der Waals surface area contributed by atoms with Gasteiger partial charge in [0.1, 0.15) is 0 Å². The molecule has 0 aromatic heterocycles. The quantitative estimate of drug-likeness (QED) is 0.906. The Labute approximate surface area is 144 Å². The molecule has 0 spiro atoms. The molecule has 0 radical (unpaired) electrons. The normalized spacial score (nSPS) is 16.7. The summed E-state index contributed by atoms with van der Waals surface area (Å²) in [4.78, 5) is 13.6. The Balaban J connectivity index is 1.70. The fourth-order valence-corrected chi connectivity index (χ4v) is 3.49. The average molecular weight is 322 g/mol. The monoisotopic (exact) mass is 322 g/mol. The number of primary amides is 1. The van der Waals surface area contributed by atoms with Crippen molar-refractivity contribution in [3.05, 3.63) is 59.7 Å². The van der Waals surface area contributed by atoms with Crippen molar-refractivity contribution in [1.29, 1.82) is 0 Å². The third-order valence-corrected chi connectivity index (χ3v) is 5.00. The van der Waals surface area contributed by atoms with Crippen LogP contribution in [0, 0.1) is 0 Å². The van der Waals surface area contributed by atoms with Gasteiger partial charge in [-0.3, -0.25) is 9.69 Å². The van der Waals surface area contributed by atoms with Gasteiger partial charge in [-0.25, -0.2) is 0 Å². The largest absolute Gasteiger partial charge is 0.369 e. The van der Waals surface area contributed by atoms with Crippen molar-refractivity contribution in [2.75, 3.05) is 13.1 Å². The lowest BCUT2D eigenvalue weighted by atomic mass is 9.98. The van der Waals surface area contributed by atoms with Crippen LogP contribution in [-0.4, -0.2) is 23.9 Å².